The molecule has 0 aliphatic carbocycles. The van der Waals surface area contributed by atoms with E-state index >= 15 is 0 Å². The fourth-order valence-electron chi connectivity index (χ4n) is 1.55. The lowest BCUT2D eigenvalue weighted by molar-refractivity contribution is 1.14. The predicted molar refractivity (Wildman–Crippen MR) is 84.7 cm³/mol. The lowest BCUT2D eigenvalue weighted by atomic mass is 10.2. The molecule has 17 heavy (non-hydrogen) atoms. The van der Waals surface area contributed by atoms with E-state index in [0.717, 1.165) is 6.54 Å². The van der Waals surface area contributed by atoms with Crippen molar-refractivity contribution in [2.75, 3.05) is 11.6 Å². The molecule has 0 saturated carbocycles. The summed E-state index contributed by atoms with van der Waals surface area (Å²) >= 11 is 4.10. The average Bonchev–Trinajstić information content (AvgIpc) is 2.37. The molecule has 0 fully saturated rings. The first kappa shape index (κ1) is 12.8. The summed E-state index contributed by atoms with van der Waals surface area (Å²) < 4.78 is 1.25. The largest absolute Gasteiger partial charge is 0.381 e. The van der Waals surface area contributed by atoms with Crippen LogP contribution >= 0.6 is 34.4 Å². The molecular formula is C14H14INS. The van der Waals surface area contributed by atoms with Gasteiger partial charge in [-0.25, -0.2) is 0 Å². The normalized spacial score (nSPS) is 10.2. The Balaban J connectivity index is 1.97. The van der Waals surface area contributed by atoms with Crippen LogP contribution in [0, 0.1) is 3.57 Å². The van der Waals surface area contributed by atoms with Crippen LogP contribution in [0.15, 0.2) is 53.4 Å². The molecule has 0 aliphatic rings. The van der Waals surface area contributed by atoms with Crippen LogP contribution in [0.25, 0.3) is 0 Å². The minimum atomic E-state index is 0.870. The van der Waals surface area contributed by atoms with E-state index < -0.39 is 0 Å². The zero-order valence-corrected chi connectivity index (χ0v) is 12.6. The number of rotatable bonds is 4. The number of anilines is 1. The molecule has 0 amide bonds. The second kappa shape index (κ2) is 6.31. The molecule has 0 aromatic heterocycles. The van der Waals surface area contributed by atoms with Gasteiger partial charge in [0, 0.05) is 20.7 Å². The summed E-state index contributed by atoms with van der Waals surface area (Å²) in [6, 6.07) is 17.1. The monoisotopic (exact) mass is 355 g/mol. The van der Waals surface area contributed by atoms with Crippen LogP contribution in [0.5, 0.6) is 0 Å². The average molecular weight is 355 g/mol. The molecule has 2 aromatic carbocycles. The van der Waals surface area contributed by atoms with Crippen LogP contribution in [0.2, 0.25) is 0 Å². The second-order valence-electron chi connectivity index (χ2n) is 3.71. The summed E-state index contributed by atoms with van der Waals surface area (Å²) in [7, 11) is 0. The molecule has 0 spiro atoms. The highest BCUT2D eigenvalue weighted by molar-refractivity contribution is 14.1. The molecule has 1 nitrogen and oxygen atoms in total. The van der Waals surface area contributed by atoms with Crippen molar-refractivity contribution < 1.29 is 0 Å². The summed E-state index contributed by atoms with van der Waals surface area (Å²) in [5, 5.41) is 3.43. The van der Waals surface area contributed by atoms with Gasteiger partial charge in [-0.05, 0) is 64.7 Å². The number of hydrogen-bond acceptors (Lipinski definition) is 2. The maximum absolute atomic E-state index is 3.43. The Kier molecular flexibility index (Phi) is 4.74. The van der Waals surface area contributed by atoms with Crippen LogP contribution in [-0.4, -0.2) is 6.26 Å². The molecule has 0 aliphatic heterocycles. The van der Waals surface area contributed by atoms with Gasteiger partial charge in [0.2, 0.25) is 0 Å². The third-order valence-electron chi connectivity index (χ3n) is 2.48. The van der Waals surface area contributed by atoms with Crippen molar-refractivity contribution in [3.8, 4) is 0 Å². The Morgan fingerprint density at radius 3 is 2.53 bits per heavy atom. The lowest BCUT2D eigenvalue weighted by Gasteiger charge is -2.07. The fraction of sp³-hybridized carbons (Fsp3) is 0.143. The van der Waals surface area contributed by atoms with Gasteiger partial charge >= 0.3 is 0 Å². The number of benzene rings is 2. The van der Waals surface area contributed by atoms with E-state index in [1.807, 2.05) is 0 Å². The van der Waals surface area contributed by atoms with E-state index in [9.17, 15) is 0 Å². The van der Waals surface area contributed by atoms with Gasteiger partial charge in [-0.1, -0.05) is 18.2 Å². The highest BCUT2D eigenvalue weighted by atomic mass is 127. The summed E-state index contributed by atoms with van der Waals surface area (Å²) in [6.45, 7) is 0.870. The first-order chi connectivity index (χ1) is 8.28. The lowest BCUT2D eigenvalue weighted by Crippen LogP contribution is -1.99. The van der Waals surface area contributed by atoms with Gasteiger partial charge in [0.05, 0.1) is 0 Å². The van der Waals surface area contributed by atoms with E-state index in [1.165, 1.54) is 19.7 Å². The van der Waals surface area contributed by atoms with Crippen molar-refractivity contribution in [1.82, 2.24) is 0 Å². The van der Waals surface area contributed by atoms with Gasteiger partial charge in [-0.15, -0.1) is 11.8 Å². The molecule has 2 aromatic rings. The highest BCUT2D eigenvalue weighted by Crippen LogP contribution is 2.17. The third kappa shape index (κ3) is 3.92. The zero-order valence-electron chi connectivity index (χ0n) is 9.61. The molecule has 0 bridgehead atoms. The molecule has 2 rings (SSSR count). The summed E-state index contributed by atoms with van der Waals surface area (Å²) in [6.07, 6.45) is 2.10. The van der Waals surface area contributed by atoms with Gasteiger partial charge in [0.1, 0.15) is 0 Å². The number of thioether (sulfide) groups is 1. The topological polar surface area (TPSA) is 12.0 Å². The van der Waals surface area contributed by atoms with Crippen molar-refractivity contribution >= 4 is 40.0 Å². The second-order valence-corrected chi connectivity index (χ2v) is 5.84. The Labute approximate surface area is 120 Å². The van der Waals surface area contributed by atoms with Gasteiger partial charge < -0.3 is 5.32 Å². The van der Waals surface area contributed by atoms with Crippen LogP contribution in [-0.2, 0) is 6.54 Å². The van der Waals surface area contributed by atoms with Crippen molar-refractivity contribution in [2.45, 2.75) is 11.4 Å². The summed E-state index contributed by atoms with van der Waals surface area (Å²) in [4.78, 5) is 1.31. The van der Waals surface area contributed by atoms with Gasteiger partial charge in [-0.2, -0.15) is 0 Å². The molecular weight excluding hydrogens is 341 g/mol. The van der Waals surface area contributed by atoms with E-state index in [0.29, 0.717) is 0 Å². The molecule has 88 valence electrons. The molecule has 0 unspecified atom stereocenters. The molecule has 3 heteroatoms. The molecule has 0 radical (unpaired) electrons. The predicted octanol–water partition coefficient (Wildman–Crippen LogP) is 4.63. The molecule has 0 saturated heterocycles. The van der Waals surface area contributed by atoms with Crippen LogP contribution < -0.4 is 5.32 Å². The number of halogens is 1. The van der Waals surface area contributed by atoms with Crippen molar-refractivity contribution in [3.63, 3.8) is 0 Å². The van der Waals surface area contributed by atoms with Crippen molar-refractivity contribution in [2.24, 2.45) is 0 Å². The Morgan fingerprint density at radius 1 is 1.12 bits per heavy atom. The number of nitrogens with one attached hydrogen (secondary N) is 1. The summed E-state index contributed by atoms with van der Waals surface area (Å²) in [5.74, 6) is 0. The highest BCUT2D eigenvalue weighted by Gasteiger charge is 1.95. The minimum Gasteiger partial charge on any atom is -0.381 e. The van der Waals surface area contributed by atoms with Gasteiger partial charge in [-0.3, -0.25) is 0 Å². The Morgan fingerprint density at radius 2 is 1.88 bits per heavy atom. The Bertz CT molecular complexity index is 482. The minimum absolute atomic E-state index is 0.870. The van der Waals surface area contributed by atoms with Crippen LogP contribution in [0.4, 0.5) is 5.69 Å². The third-order valence-corrected chi connectivity index (χ3v) is 3.89. The zero-order chi connectivity index (χ0) is 12.1. The van der Waals surface area contributed by atoms with Gasteiger partial charge in [0.15, 0.2) is 0 Å². The Hall–Kier alpha value is -0.680. The first-order valence-electron chi connectivity index (χ1n) is 5.40. The molecule has 0 atom stereocenters. The first-order valence-corrected chi connectivity index (χ1v) is 7.70. The quantitative estimate of drug-likeness (QED) is 0.634. The van der Waals surface area contributed by atoms with E-state index in [-0.39, 0.29) is 0 Å². The molecule has 1 N–H and O–H groups in total. The van der Waals surface area contributed by atoms with Gasteiger partial charge in [0.25, 0.3) is 0 Å². The fourth-order valence-corrected chi connectivity index (χ4v) is 2.50. The maximum Gasteiger partial charge on any atom is 0.0400 e. The summed E-state index contributed by atoms with van der Waals surface area (Å²) in [5.41, 5.74) is 2.48. The van der Waals surface area contributed by atoms with E-state index in [1.54, 1.807) is 11.8 Å². The smallest absolute Gasteiger partial charge is 0.0400 e. The molecule has 0 heterocycles. The van der Waals surface area contributed by atoms with Crippen molar-refractivity contribution in [3.05, 3.63) is 57.7 Å². The SMILES string of the molecule is CSc1ccc(CNc2cccc(I)c2)cc1. The van der Waals surface area contributed by atoms with E-state index in [4.69, 9.17) is 0 Å². The number of hydrogen-bond donors (Lipinski definition) is 1. The van der Waals surface area contributed by atoms with Crippen molar-refractivity contribution in [1.29, 1.82) is 0 Å². The standard InChI is InChI=1S/C14H14INS/c1-17-14-7-5-11(6-8-14)10-16-13-4-2-3-12(15)9-13/h2-9,16H,10H2,1H3. The van der Waals surface area contributed by atoms with Crippen LogP contribution in [0.3, 0.4) is 0 Å². The van der Waals surface area contributed by atoms with E-state index in [2.05, 4.69) is 82.7 Å². The van der Waals surface area contributed by atoms with Crippen LogP contribution in [0.1, 0.15) is 5.56 Å². The maximum atomic E-state index is 3.43.